The molecule has 0 saturated carbocycles. The van der Waals surface area contributed by atoms with Gasteiger partial charge in [-0.25, -0.2) is 4.79 Å². The summed E-state index contributed by atoms with van der Waals surface area (Å²) in [7, 11) is 0. The van der Waals surface area contributed by atoms with Crippen LogP contribution in [0.1, 0.15) is 37.7 Å². The molecule has 3 N–H and O–H groups in total. The molecule has 0 bridgehead atoms. The topological polar surface area (TPSA) is 69.8 Å². The molecule has 0 unspecified atom stereocenters. The molecule has 16 heavy (non-hydrogen) atoms. The minimum absolute atomic E-state index is 0.160. The zero-order valence-electron chi connectivity index (χ0n) is 10.6. The van der Waals surface area contributed by atoms with Crippen molar-refractivity contribution in [3.8, 4) is 0 Å². The van der Waals surface area contributed by atoms with E-state index >= 15 is 0 Å². The predicted octanol–water partition coefficient (Wildman–Crippen LogP) is 1.62. The molecule has 0 saturated heterocycles. The number of aromatic nitrogens is 2. The van der Waals surface area contributed by atoms with Crippen LogP contribution in [0.25, 0.3) is 0 Å². The van der Waals surface area contributed by atoms with Crippen LogP contribution in [0.2, 0.25) is 0 Å². The minimum Gasteiger partial charge on any atom is -0.334 e. The largest absolute Gasteiger partial charge is 0.334 e. The van der Waals surface area contributed by atoms with Crippen molar-refractivity contribution < 1.29 is 4.79 Å². The van der Waals surface area contributed by atoms with Crippen molar-refractivity contribution in [3.63, 3.8) is 0 Å². The first kappa shape index (κ1) is 12.5. The molecule has 1 aromatic rings. The monoisotopic (exact) mass is 224 g/mol. The maximum absolute atomic E-state index is 11.5. The lowest BCUT2D eigenvalue weighted by Gasteiger charge is -2.20. The summed E-state index contributed by atoms with van der Waals surface area (Å²) >= 11 is 0. The van der Waals surface area contributed by atoms with Crippen molar-refractivity contribution in [2.45, 2.75) is 46.7 Å². The molecule has 1 heterocycles. The zero-order chi connectivity index (χ0) is 12.3. The van der Waals surface area contributed by atoms with E-state index in [1.165, 1.54) is 0 Å². The molecule has 0 spiro atoms. The normalized spacial score (nSPS) is 11.3. The molecule has 5 nitrogen and oxygen atoms in total. The third-order valence-corrected chi connectivity index (χ3v) is 2.19. The Labute approximate surface area is 96.0 Å². The lowest BCUT2D eigenvalue weighted by molar-refractivity contribution is 0.231. The van der Waals surface area contributed by atoms with Gasteiger partial charge in [0.05, 0.1) is 5.69 Å². The van der Waals surface area contributed by atoms with E-state index in [0.717, 1.165) is 17.0 Å². The van der Waals surface area contributed by atoms with Crippen molar-refractivity contribution >= 4 is 6.03 Å². The fourth-order valence-electron chi connectivity index (χ4n) is 1.39. The number of aryl methyl sites for hydroxylation is 2. The van der Waals surface area contributed by atoms with E-state index in [-0.39, 0.29) is 11.6 Å². The second kappa shape index (κ2) is 4.55. The Kier molecular flexibility index (Phi) is 3.57. The molecule has 0 atom stereocenters. The zero-order valence-corrected chi connectivity index (χ0v) is 10.6. The van der Waals surface area contributed by atoms with Crippen molar-refractivity contribution in [2.75, 3.05) is 0 Å². The highest BCUT2D eigenvalue weighted by atomic mass is 16.2. The Balaban J connectivity index is 2.50. The summed E-state index contributed by atoms with van der Waals surface area (Å²) in [6.07, 6.45) is 0. The number of urea groups is 1. The van der Waals surface area contributed by atoms with Crippen LogP contribution in [0.4, 0.5) is 4.79 Å². The van der Waals surface area contributed by atoms with Gasteiger partial charge in [0.15, 0.2) is 0 Å². The van der Waals surface area contributed by atoms with Gasteiger partial charge in [-0.05, 0) is 34.6 Å². The van der Waals surface area contributed by atoms with E-state index in [9.17, 15) is 4.79 Å². The summed E-state index contributed by atoms with van der Waals surface area (Å²) in [5.74, 6) is 0. The van der Waals surface area contributed by atoms with Crippen molar-refractivity contribution in [3.05, 3.63) is 17.0 Å². The molecule has 90 valence electrons. The van der Waals surface area contributed by atoms with Crippen LogP contribution in [0, 0.1) is 13.8 Å². The third kappa shape index (κ3) is 3.56. The SMILES string of the molecule is Cc1n[nH]c(C)c1CNC(=O)NC(C)(C)C. The maximum Gasteiger partial charge on any atom is 0.315 e. The van der Waals surface area contributed by atoms with Gasteiger partial charge in [-0.3, -0.25) is 5.10 Å². The van der Waals surface area contributed by atoms with Crippen molar-refractivity contribution in [1.29, 1.82) is 0 Å². The Bertz CT molecular complexity index is 356. The van der Waals surface area contributed by atoms with Crippen molar-refractivity contribution in [2.24, 2.45) is 0 Å². The highest BCUT2D eigenvalue weighted by molar-refractivity contribution is 5.74. The van der Waals surface area contributed by atoms with Crippen LogP contribution < -0.4 is 10.6 Å². The van der Waals surface area contributed by atoms with Crippen LogP contribution in [-0.4, -0.2) is 21.8 Å². The van der Waals surface area contributed by atoms with Gasteiger partial charge in [-0.1, -0.05) is 0 Å². The average Bonchev–Trinajstić information content (AvgIpc) is 2.41. The van der Waals surface area contributed by atoms with Crippen LogP contribution in [0.3, 0.4) is 0 Å². The first-order chi connectivity index (χ1) is 7.29. The van der Waals surface area contributed by atoms with Gasteiger partial charge in [0.25, 0.3) is 0 Å². The molecule has 0 aliphatic carbocycles. The van der Waals surface area contributed by atoms with Gasteiger partial charge in [0.1, 0.15) is 0 Å². The van der Waals surface area contributed by atoms with Crippen LogP contribution in [-0.2, 0) is 6.54 Å². The average molecular weight is 224 g/mol. The molecule has 1 rings (SSSR count). The molecule has 0 aromatic carbocycles. The van der Waals surface area contributed by atoms with Gasteiger partial charge in [-0.15, -0.1) is 0 Å². The molecule has 0 aliphatic rings. The molecular formula is C11H20N4O. The van der Waals surface area contributed by atoms with Gasteiger partial charge in [-0.2, -0.15) is 5.10 Å². The summed E-state index contributed by atoms with van der Waals surface area (Å²) in [5.41, 5.74) is 2.75. The predicted molar refractivity (Wildman–Crippen MR) is 63.2 cm³/mol. The summed E-state index contributed by atoms with van der Waals surface area (Å²) in [4.78, 5) is 11.5. The number of carbonyl (C=O) groups excluding carboxylic acids is 1. The molecule has 5 heteroatoms. The molecule has 0 radical (unpaired) electrons. The first-order valence-corrected chi connectivity index (χ1v) is 5.36. The number of amides is 2. The van der Waals surface area contributed by atoms with E-state index in [2.05, 4.69) is 20.8 Å². The molecule has 2 amide bonds. The number of H-pyrrole nitrogens is 1. The minimum atomic E-state index is -0.218. The standard InChI is InChI=1S/C11H20N4O/c1-7-9(8(2)15-14-7)6-12-10(16)13-11(3,4)5/h6H2,1-5H3,(H,14,15)(H2,12,13,16). The van der Waals surface area contributed by atoms with Crippen molar-refractivity contribution in [1.82, 2.24) is 20.8 Å². The lowest BCUT2D eigenvalue weighted by atomic mass is 10.1. The lowest BCUT2D eigenvalue weighted by Crippen LogP contribution is -2.46. The molecule has 0 fully saturated rings. The number of aromatic amines is 1. The number of rotatable bonds is 2. The van der Waals surface area contributed by atoms with E-state index in [0.29, 0.717) is 6.54 Å². The highest BCUT2D eigenvalue weighted by Gasteiger charge is 2.14. The Morgan fingerprint density at radius 2 is 2.00 bits per heavy atom. The van der Waals surface area contributed by atoms with Crippen LogP contribution in [0.5, 0.6) is 0 Å². The Morgan fingerprint density at radius 1 is 1.38 bits per heavy atom. The number of nitrogens with one attached hydrogen (secondary N) is 3. The first-order valence-electron chi connectivity index (χ1n) is 5.36. The van der Waals surface area contributed by atoms with E-state index in [1.54, 1.807) is 0 Å². The summed E-state index contributed by atoms with van der Waals surface area (Å²) in [6, 6.07) is -0.160. The summed E-state index contributed by atoms with van der Waals surface area (Å²) in [6.45, 7) is 10.2. The number of carbonyl (C=O) groups is 1. The van der Waals surface area contributed by atoms with Gasteiger partial charge < -0.3 is 10.6 Å². The van der Waals surface area contributed by atoms with Crippen LogP contribution >= 0.6 is 0 Å². The fraction of sp³-hybridized carbons (Fsp3) is 0.636. The quantitative estimate of drug-likeness (QED) is 0.714. The van der Waals surface area contributed by atoms with Crippen LogP contribution in [0.15, 0.2) is 0 Å². The highest BCUT2D eigenvalue weighted by Crippen LogP contribution is 2.08. The second-order valence-corrected chi connectivity index (χ2v) is 4.97. The Hall–Kier alpha value is -1.52. The summed E-state index contributed by atoms with van der Waals surface area (Å²) in [5, 5.41) is 12.6. The number of hydrogen-bond donors (Lipinski definition) is 3. The summed E-state index contributed by atoms with van der Waals surface area (Å²) < 4.78 is 0. The fourth-order valence-corrected chi connectivity index (χ4v) is 1.39. The van der Waals surface area contributed by atoms with Gasteiger partial charge in [0.2, 0.25) is 0 Å². The number of nitrogens with zero attached hydrogens (tertiary/aromatic N) is 1. The van der Waals surface area contributed by atoms with Gasteiger partial charge in [0, 0.05) is 23.3 Å². The molecular weight excluding hydrogens is 204 g/mol. The van der Waals surface area contributed by atoms with Gasteiger partial charge >= 0.3 is 6.03 Å². The van der Waals surface area contributed by atoms with E-state index < -0.39 is 0 Å². The Morgan fingerprint density at radius 3 is 2.44 bits per heavy atom. The smallest absolute Gasteiger partial charge is 0.315 e. The third-order valence-electron chi connectivity index (χ3n) is 2.19. The molecule has 0 aliphatic heterocycles. The maximum atomic E-state index is 11.5. The van der Waals surface area contributed by atoms with E-state index in [4.69, 9.17) is 0 Å². The second-order valence-electron chi connectivity index (χ2n) is 4.97. The molecule has 1 aromatic heterocycles. The van der Waals surface area contributed by atoms with E-state index in [1.807, 2.05) is 34.6 Å². The number of hydrogen-bond acceptors (Lipinski definition) is 2.